The summed E-state index contributed by atoms with van der Waals surface area (Å²) < 4.78 is 0. The Morgan fingerprint density at radius 3 is 0.816 bits per heavy atom. The molecule has 0 bridgehead atoms. The van der Waals surface area contributed by atoms with Gasteiger partial charge in [-0.15, -0.1) is 0 Å². The molecule has 0 amide bonds. The fourth-order valence-electron chi connectivity index (χ4n) is 3.12. The number of rotatable bonds is 4. The summed E-state index contributed by atoms with van der Waals surface area (Å²) in [6, 6.07) is 47.3. The molecule has 0 fully saturated rings. The van der Waals surface area contributed by atoms with Crippen molar-refractivity contribution in [3.8, 4) is 22.3 Å². The van der Waals surface area contributed by atoms with Gasteiger partial charge in [-0.1, -0.05) is 127 Å². The molecular weight excluding hydrogens is 647 g/mol. The zero-order valence-electron chi connectivity index (χ0n) is 21.6. The average Bonchev–Trinajstić information content (AvgIpc) is 2.96. The second kappa shape index (κ2) is 20.0. The number of aromatic nitrogens is 1. The van der Waals surface area contributed by atoms with E-state index < -0.39 is 0 Å². The Labute approximate surface area is 240 Å². The number of carbonyl (C=O) groups excluding carboxylic acids is 2. The number of pyridine rings is 1. The topological polar surface area (TPSA) is 47.0 Å². The van der Waals surface area contributed by atoms with Crippen molar-refractivity contribution in [3.63, 3.8) is 0 Å². The van der Waals surface area contributed by atoms with Crippen LogP contribution in [0.15, 0.2) is 152 Å². The fraction of sp³-hybridized carbons (Fsp3) is 0.0588. The zero-order chi connectivity index (χ0) is 26.6. The van der Waals surface area contributed by atoms with Crippen LogP contribution >= 0.6 is 0 Å². The van der Waals surface area contributed by atoms with Gasteiger partial charge in [0, 0.05) is 44.1 Å². The second-order valence-corrected chi connectivity index (χ2v) is 7.85. The first-order valence-corrected chi connectivity index (χ1v) is 12.0. The standard InChI is InChI=1S/2C12H10.C5H5N.C5H7O2.Ir/c2*1-3-7-11(8-4-1)12-9-5-2-6-10-12;1-2-4-6-5-3-1;1-4(6)3-5(2)7;/h2*1-10H;1-5H;3H,1-2H3;/q;;;-1;. The largest absolute Gasteiger partial charge is 0.334 e. The monoisotopic (exact) mass is 679 g/mol. The predicted octanol–water partition coefficient (Wildman–Crippen LogP) is 8.15. The first kappa shape index (κ1) is 31.9. The van der Waals surface area contributed by atoms with E-state index in [-0.39, 0.29) is 31.7 Å². The van der Waals surface area contributed by atoms with Crippen LogP contribution in [-0.2, 0) is 29.7 Å². The van der Waals surface area contributed by atoms with E-state index in [1.807, 2.05) is 42.5 Å². The third-order valence-corrected chi connectivity index (χ3v) is 4.73. The van der Waals surface area contributed by atoms with E-state index in [1.165, 1.54) is 36.1 Å². The van der Waals surface area contributed by atoms with Crippen LogP contribution in [0.4, 0.5) is 0 Å². The maximum Gasteiger partial charge on any atom is 0.0267 e. The van der Waals surface area contributed by atoms with E-state index >= 15 is 0 Å². The maximum absolute atomic E-state index is 9.98. The van der Waals surface area contributed by atoms with E-state index in [1.54, 1.807) is 12.4 Å². The van der Waals surface area contributed by atoms with Crippen molar-refractivity contribution in [2.24, 2.45) is 0 Å². The van der Waals surface area contributed by atoms with Crippen LogP contribution in [0.25, 0.3) is 22.3 Å². The SMILES string of the molecule is CC(=O)[CH-]C(C)=O.[Ir].c1ccc(-c2ccccc2)cc1.c1ccc(-c2ccccc2)cc1.c1ccncc1. The summed E-state index contributed by atoms with van der Waals surface area (Å²) in [4.78, 5) is 23.7. The molecule has 195 valence electrons. The molecule has 0 spiro atoms. The summed E-state index contributed by atoms with van der Waals surface area (Å²) in [5.74, 6) is -0.375. The van der Waals surface area contributed by atoms with Crippen molar-refractivity contribution in [3.05, 3.63) is 158 Å². The first-order valence-electron chi connectivity index (χ1n) is 12.0. The first-order chi connectivity index (χ1) is 18.1. The van der Waals surface area contributed by atoms with Gasteiger partial charge in [-0.2, -0.15) is 0 Å². The van der Waals surface area contributed by atoms with Crippen molar-refractivity contribution < 1.29 is 29.7 Å². The molecule has 5 rings (SSSR count). The van der Waals surface area contributed by atoms with E-state index in [4.69, 9.17) is 0 Å². The van der Waals surface area contributed by atoms with Crippen LogP contribution in [0.5, 0.6) is 0 Å². The van der Waals surface area contributed by atoms with Gasteiger partial charge in [0.1, 0.15) is 0 Å². The molecule has 0 unspecified atom stereocenters. The minimum atomic E-state index is -0.187. The molecule has 0 saturated carbocycles. The summed E-state index contributed by atoms with van der Waals surface area (Å²) in [6.07, 6.45) is 4.56. The van der Waals surface area contributed by atoms with Gasteiger partial charge in [0.05, 0.1) is 0 Å². The van der Waals surface area contributed by atoms with Crippen LogP contribution in [0, 0.1) is 6.42 Å². The van der Waals surface area contributed by atoms with E-state index in [2.05, 4.69) is 102 Å². The predicted molar refractivity (Wildman–Crippen MR) is 154 cm³/mol. The smallest absolute Gasteiger partial charge is 0.0267 e. The minimum absolute atomic E-state index is 0. The summed E-state index contributed by atoms with van der Waals surface area (Å²) in [6.45, 7) is 2.70. The molecule has 4 heteroatoms. The van der Waals surface area contributed by atoms with Gasteiger partial charge < -0.3 is 9.59 Å². The van der Waals surface area contributed by atoms with Gasteiger partial charge in [-0.25, -0.2) is 0 Å². The molecule has 1 heterocycles. The number of hydrogen-bond donors (Lipinski definition) is 0. The van der Waals surface area contributed by atoms with E-state index in [0.717, 1.165) is 6.42 Å². The summed E-state index contributed by atoms with van der Waals surface area (Å²) in [5.41, 5.74) is 5.10. The van der Waals surface area contributed by atoms with Gasteiger partial charge in [0.25, 0.3) is 0 Å². The van der Waals surface area contributed by atoms with E-state index in [9.17, 15) is 9.59 Å². The van der Waals surface area contributed by atoms with Gasteiger partial charge >= 0.3 is 0 Å². The maximum atomic E-state index is 9.98. The number of hydrogen-bond acceptors (Lipinski definition) is 3. The van der Waals surface area contributed by atoms with Crippen LogP contribution in [0.1, 0.15) is 13.8 Å². The molecule has 38 heavy (non-hydrogen) atoms. The normalized spacial score (nSPS) is 8.79. The van der Waals surface area contributed by atoms with Crippen molar-refractivity contribution in [1.82, 2.24) is 4.98 Å². The Hall–Kier alpha value is -4.11. The number of carbonyl (C=O) groups is 2. The molecule has 3 nitrogen and oxygen atoms in total. The Bertz CT molecular complexity index is 1080. The van der Waals surface area contributed by atoms with Crippen molar-refractivity contribution in [2.75, 3.05) is 0 Å². The summed E-state index contributed by atoms with van der Waals surface area (Å²) in [5, 5.41) is 0. The van der Waals surface area contributed by atoms with Crippen LogP contribution < -0.4 is 0 Å². The molecule has 0 N–H and O–H groups in total. The quantitative estimate of drug-likeness (QED) is 0.142. The summed E-state index contributed by atoms with van der Waals surface area (Å²) in [7, 11) is 0. The molecular formula is C34H32IrNO2-. The van der Waals surface area contributed by atoms with Gasteiger partial charge in [-0.3, -0.25) is 11.4 Å². The molecule has 0 atom stereocenters. The van der Waals surface area contributed by atoms with Crippen molar-refractivity contribution in [1.29, 1.82) is 0 Å². The summed E-state index contributed by atoms with van der Waals surface area (Å²) >= 11 is 0. The van der Waals surface area contributed by atoms with Crippen LogP contribution in [0.2, 0.25) is 0 Å². The van der Waals surface area contributed by atoms with Gasteiger partial charge in [0.2, 0.25) is 0 Å². The van der Waals surface area contributed by atoms with Crippen molar-refractivity contribution in [2.45, 2.75) is 13.8 Å². The van der Waals surface area contributed by atoms with Crippen molar-refractivity contribution >= 4 is 11.6 Å². The molecule has 0 aliphatic carbocycles. The third-order valence-electron chi connectivity index (χ3n) is 4.73. The molecule has 0 aliphatic rings. The minimum Gasteiger partial charge on any atom is -0.334 e. The Kier molecular flexibility index (Phi) is 16.8. The van der Waals surface area contributed by atoms with Gasteiger partial charge in [0.15, 0.2) is 0 Å². The third kappa shape index (κ3) is 14.4. The van der Waals surface area contributed by atoms with E-state index in [0.29, 0.717) is 0 Å². The molecule has 0 aliphatic heterocycles. The average molecular weight is 679 g/mol. The number of benzene rings is 4. The van der Waals surface area contributed by atoms with Crippen LogP contribution in [-0.4, -0.2) is 16.6 Å². The molecule has 1 aromatic heterocycles. The van der Waals surface area contributed by atoms with Gasteiger partial charge in [-0.05, 0) is 48.2 Å². The fourth-order valence-corrected chi connectivity index (χ4v) is 3.12. The molecule has 4 aromatic carbocycles. The number of Topliss-reactive ketones (excluding diaryl/α,β-unsaturated/α-hetero) is 2. The Morgan fingerprint density at radius 2 is 0.684 bits per heavy atom. The van der Waals surface area contributed by atoms with Crippen LogP contribution in [0.3, 0.4) is 0 Å². The Balaban J connectivity index is 0.000000262. The number of ketones is 2. The number of nitrogens with zero attached hydrogens (tertiary/aromatic N) is 1. The Morgan fingerprint density at radius 1 is 0.447 bits per heavy atom. The molecule has 5 aromatic rings. The molecule has 1 radical (unpaired) electrons. The second-order valence-electron chi connectivity index (χ2n) is 7.85. The molecule has 0 saturated heterocycles. The zero-order valence-corrected chi connectivity index (χ0v) is 24.0.